The molecular weight excluding hydrogens is 407 g/mol. The second kappa shape index (κ2) is 8.74. The maximum Gasteiger partial charge on any atom is 0.228 e. The quantitative estimate of drug-likeness (QED) is 0.503. The average molecular weight is 433 g/mol. The molecule has 0 radical (unpaired) electrons. The average Bonchev–Trinajstić information content (AvgIpc) is 3.10. The fourth-order valence-electron chi connectivity index (χ4n) is 3.77. The summed E-state index contributed by atoms with van der Waals surface area (Å²) in [6.07, 6.45) is 1.73. The lowest BCUT2D eigenvalue weighted by atomic mass is 10.0. The van der Waals surface area contributed by atoms with E-state index in [1.54, 1.807) is 23.9 Å². The van der Waals surface area contributed by atoms with Crippen LogP contribution in [0.5, 0.6) is 0 Å². The number of nitrogens with one attached hydrogen (secondary N) is 1. The van der Waals surface area contributed by atoms with Crippen LogP contribution in [0.2, 0.25) is 0 Å². The highest BCUT2D eigenvalue weighted by Gasteiger charge is 2.16. The van der Waals surface area contributed by atoms with Gasteiger partial charge in [-0.2, -0.15) is 5.10 Å². The van der Waals surface area contributed by atoms with E-state index in [9.17, 15) is 9.18 Å². The van der Waals surface area contributed by atoms with Crippen molar-refractivity contribution in [3.8, 4) is 11.1 Å². The Balaban J connectivity index is 1.58. The number of fused-ring (bicyclic) bond motifs is 1. The molecule has 0 bridgehead atoms. The zero-order chi connectivity index (χ0) is 22.8. The molecule has 2 aromatic heterocycles. The Morgan fingerprint density at radius 1 is 1.12 bits per heavy atom. The lowest BCUT2D eigenvalue weighted by Crippen LogP contribution is -2.28. The summed E-state index contributed by atoms with van der Waals surface area (Å²) in [6, 6.07) is 12.7. The predicted molar refractivity (Wildman–Crippen MR) is 123 cm³/mol. The lowest BCUT2D eigenvalue weighted by Gasteiger charge is -2.18. The number of carbonyl (C=O) groups is 1. The maximum atomic E-state index is 14.6. The molecule has 0 atom stereocenters. The van der Waals surface area contributed by atoms with Crippen LogP contribution in [0.15, 0.2) is 48.8 Å². The first-order valence-electron chi connectivity index (χ1n) is 10.3. The summed E-state index contributed by atoms with van der Waals surface area (Å²) in [4.78, 5) is 22.8. The molecule has 164 valence electrons. The number of hydrogen-bond donors (Lipinski definition) is 1. The summed E-state index contributed by atoms with van der Waals surface area (Å²) in [7, 11) is 5.31. The summed E-state index contributed by atoms with van der Waals surface area (Å²) in [6.45, 7) is 2.06. The van der Waals surface area contributed by atoms with Gasteiger partial charge in [0.2, 0.25) is 5.91 Å². The maximum absolute atomic E-state index is 14.6. The van der Waals surface area contributed by atoms with Crippen LogP contribution < -0.4 is 5.32 Å². The molecular formula is C24H25FN6O. The van der Waals surface area contributed by atoms with E-state index < -0.39 is 0 Å². The Morgan fingerprint density at radius 3 is 2.59 bits per heavy atom. The molecule has 4 rings (SSSR count). The van der Waals surface area contributed by atoms with Crippen molar-refractivity contribution in [2.24, 2.45) is 7.05 Å². The first-order chi connectivity index (χ1) is 15.4. The van der Waals surface area contributed by atoms with Crippen LogP contribution >= 0.6 is 0 Å². The van der Waals surface area contributed by atoms with Gasteiger partial charge in [0.1, 0.15) is 18.0 Å². The number of rotatable bonds is 6. The van der Waals surface area contributed by atoms with Gasteiger partial charge in [-0.3, -0.25) is 9.48 Å². The van der Waals surface area contributed by atoms with Gasteiger partial charge in [-0.15, -0.1) is 0 Å². The summed E-state index contributed by atoms with van der Waals surface area (Å²) < 4.78 is 16.3. The molecule has 0 aliphatic rings. The Hall–Kier alpha value is -3.81. The number of carbonyl (C=O) groups excluding carboxylic acids is 1. The molecule has 4 aromatic rings. The van der Waals surface area contributed by atoms with Gasteiger partial charge in [0.25, 0.3) is 0 Å². The Morgan fingerprint density at radius 2 is 1.88 bits per heavy atom. The van der Waals surface area contributed by atoms with Crippen molar-refractivity contribution < 1.29 is 9.18 Å². The van der Waals surface area contributed by atoms with E-state index in [-0.39, 0.29) is 24.7 Å². The number of anilines is 1. The highest BCUT2D eigenvalue weighted by Crippen LogP contribution is 2.28. The summed E-state index contributed by atoms with van der Waals surface area (Å²) in [5.41, 5.74) is 4.75. The third-order valence-electron chi connectivity index (χ3n) is 5.52. The molecule has 0 fully saturated rings. The molecule has 0 aliphatic heterocycles. The van der Waals surface area contributed by atoms with Crippen molar-refractivity contribution in [2.45, 2.75) is 19.9 Å². The van der Waals surface area contributed by atoms with Gasteiger partial charge in [0, 0.05) is 44.3 Å². The number of nitrogens with zero attached hydrogens (tertiary/aromatic N) is 5. The fraction of sp³-hybridized carbons (Fsp3) is 0.250. The molecule has 0 saturated carbocycles. The Labute approximate surface area is 185 Å². The normalized spacial score (nSPS) is 11.0. The standard InChI is InChI=1S/C24H25FN6O/c1-15-9-19(31(4)29-15)12-23(32)30(3)13-18-10-16(5-7-21(18)25)17-6-8-22-20(11-17)24(26-2)28-14-27-22/h5-11,14H,12-13H2,1-4H3,(H,26,27,28). The van der Waals surface area contributed by atoms with Gasteiger partial charge in [0.15, 0.2) is 0 Å². The number of likely N-dealkylation sites (N-methyl/N-ethyl adjacent to an activating group) is 1. The largest absolute Gasteiger partial charge is 0.373 e. The number of aromatic nitrogens is 4. The predicted octanol–water partition coefficient (Wildman–Crippen LogP) is 3.72. The smallest absolute Gasteiger partial charge is 0.228 e. The minimum atomic E-state index is -0.343. The topological polar surface area (TPSA) is 75.9 Å². The van der Waals surface area contributed by atoms with Crippen molar-refractivity contribution >= 4 is 22.6 Å². The third kappa shape index (κ3) is 4.30. The van der Waals surface area contributed by atoms with Gasteiger partial charge in [-0.25, -0.2) is 14.4 Å². The number of amides is 1. The Kier molecular flexibility index (Phi) is 5.85. The van der Waals surface area contributed by atoms with Gasteiger partial charge in [-0.1, -0.05) is 12.1 Å². The van der Waals surface area contributed by atoms with E-state index in [4.69, 9.17) is 0 Å². The number of hydrogen-bond acceptors (Lipinski definition) is 5. The molecule has 0 unspecified atom stereocenters. The van der Waals surface area contributed by atoms with Crippen molar-refractivity contribution in [1.29, 1.82) is 0 Å². The van der Waals surface area contributed by atoms with Crippen molar-refractivity contribution in [2.75, 3.05) is 19.4 Å². The van der Waals surface area contributed by atoms with Gasteiger partial charge >= 0.3 is 0 Å². The van der Waals surface area contributed by atoms with Crippen molar-refractivity contribution in [1.82, 2.24) is 24.6 Å². The lowest BCUT2D eigenvalue weighted by molar-refractivity contribution is -0.129. The van der Waals surface area contributed by atoms with E-state index in [0.717, 1.165) is 39.2 Å². The zero-order valence-corrected chi connectivity index (χ0v) is 18.6. The SMILES string of the molecule is CNc1ncnc2ccc(-c3ccc(F)c(CN(C)C(=O)Cc4cc(C)nn4C)c3)cc12. The highest BCUT2D eigenvalue weighted by molar-refractivity contribution is 5.92. The molecule has 2 heterocycles. The molecule has 1 N–H and O–H groups in total. The molecule has 7 nitrogen and oxygen atoms in total. The highest BCUT2D eigenvalue weighted by atomic mass is 19.1. The molecule has 32 heavy (non-hydrogen) atoms. The van der Waals surface area contributed by atoms with Gasteiger partial charge in [0.05, 0.1) is 17.6 Å². The third-order valence-corrected chi connectivity index (χ3v) is 5.52. The fourth-order valence-corrected chi connectivity index (χ4v) is 3.77. The molecule has 8 heteroatoms. The summed E-state index contributed by atoms with van der Waals surface area (Å²) in [5.74, 6) is 0.291. The number of aryl methyl sites for hydroxylation is 2. The van der Waals surface area contributed by atoms with E-state index in [2.05, 4.69) is 20.4 Å². The van der Waals surface area contributed by atoms with Gasteiger partial charge < -0.3 is 10.2 Å². The van der Waals surface area contributed by atoms with E-state index >= 15 is 0 Å². The second-order valence-electron chi connectivity index (χ2n) is 7.84. The van der Waals surface area contributed by atoms with Crippen LogP contribution in [-0.2, 0) is 24.8 Å². The van der Waals surface area contributed by atoms with Crippen LogP contribution in [0.1, 0.15) is 17.0 Å². The Bertz CT molecular complexity index is 1300. The first kappa shape index (κ1) is 21.4. The molecule has 0 aliphatic carbocycles. The number of halogens is 1. The minimum absolute atomic E-state index is 0.0979. The van der Waals surface area contributed by atoms with Crippen LogP contribution in [-0.4, -0.2) is 44.7 Å². The van der Waals surface area contributed by atoms with Crippen molar-refractivity contribution in [3.05, 3.63) is 71.6 Å². The first-order valence-corrected chi connectivity index (χ1v) is 10.3. The van der Waals surface area contributed by atoms with Crippen LogP contribution in [0.4, 0.5) is 10.2 Å². The van der Waals surface area contributed by atoms with Crippen LogP contribution in [0.25, 0.3) is 22.0 Å². The molecule has 0 saturated heterocycles. The van der Waals surface area contributed by atoms with E-state index in [0.29, 0.717) is 5.56 Å². The van der Waals surface area contributed by atoms with E-state index in [1.807, 2.05) is 45.3 Å². The van der Waals surface area contributed by atoms with Crippen LogP contribution in [0, 0.1) is 12.7 Å². The molecule has 1 amide bonds. The summed E-state index contributed by atoms with van der Waals surface area (Å²) >= 11 is 0. The minimum Gasteiger partial charge on any atom is -0.373 e. The zero-order valence-electron chi connectivity index (χ0n) is 18.6. The van der Waals surface area contributed by atoms with E-state index in [1.165, 1.54) is 17.3 Å². The number of benzene rings is 2. The monoisotopic (exact) mass is 432 g/mol. The molecule has 2 aromatic carbocycles. The van der Waals surface area contributed by atoms with Crippen molar-refractivity contribution in [3.63, 3.8) is 0 Å². The van der Waals surface area contributed by atoms with Crippen LogP contribution in [0.3, 0.4) is 0 Å². The molecule has 0 spiro atoms. The summed E-state index contributed by atoms with van der Waals surface area (Å²) in [5, 5.41) is 8.23. The van der Waals surface area contributed by atoms with Gasteiger partial charge in [-0.05, 0) is 48.4 Å². The second-order valence-corrected chi connectivity index (χ2v) is 7.84.